The van der Waals surface area contributed by atoms with Crippen LogP contribution in [-0.2, 0) is 4.79 Å². The summed E-state index contributed by atoms with van der Waals surface area (Å²) in [5, 5.41) is 9.05. The summed E-state index contributed by atoms with van der Waals surface area (Å²) in [5.41, 5.74) is -0.309. The lowest BCUT2D eigenvalue weighted by atomic mass is 9.94. The SMILES string of the molecule is CCC1CC(CCO)N(C(=O)C(C)(C)C)C1. The van der Waals surface area contributed by atoms with Crippen molar-refractivity contribution in [3.05, 3.63) is 0 Å². The van der Waals surface area contributed by atoms with E-state index in [1.165, 1.54) is 0 Å². The van der Waals surface area contributed by atoms with Gasteiger partial charge in [-0.1, -0.05) is 34.1 Å². The molecule has 3 heteroatoms. The largest absolute Gasteiger partial charge is 0.396 e. The van der Waals surface area contributed by atoms with Gasteiger partial charge in [0.2, 0.25) is 5.91 Å². The fourth-order valence-corrected chi connectivity index (χ4v) is 2.41. The van der Waals surface area contributed by atoms with E-state index in [2.05, 4.69) is 6.92 Å². The van der Waals surface area contributed by atoms with E-state index in [4.69, 9.17) is 5.11 Å². The minimum Gasteiger partial charge on any atom is -0.396 e. The normalized spacial score (nSPS) is 26.2. The summed E-state index contributed by atoms with van der Waals surface area (Å²) in [7, 11) is 0. The third-order valence-electron chi connectivity index (χ3n) is 3.44. The molecule has 1 N–H and O–H groups in total. The molecule has 2 atom stereocenters. The summed E-state index contributed by atoms with van der Waals surface area (Å²) in [4.78, 5) is 14.2. The number of hydrogen-bond donors (Lipinski definition) is 1. The molecule has 1 fully saturated rings. The van der Waals surface area contributed by atoms with Crippen LogP contribution in [0.15, 0.2) is 0 Å². The predicted molar refractivity (Wildman–Crippen MR) is 65.1 cm³/mol. The molecule has 0 aromatic heterocycles. The average Bonchev–Trinajstić information content (AvgIpc) is 2.59. The van der Waals surface area contributed by atoms with E-state index < -0.39 is 0 Å². The molecule has 0 saturated carbocycles. The summed E-state index contributed by atoms with van der Waals surface area (Å²) in [6.45, 7) is 9.11. The third-order valence-corrected chi connectivity index (χ3v) is 3.44. The summed E-state index contributed by atoms with van der Waals surface area (Å²) in [5.74, 6) is 0.838. The summed E-state index contributed by atoms with van der Waals surface area (Å²) >= 11 is 0. The van der Waals surface area contributed by atoms with Crippen LogP contribution in [0, 0.1) is 11.3 Å². The number of rotatable bonds is 3. The van der Waals surface area contributed by atoms with Crippen LogP contribution in [-0.4, -0.2) is 35.1 Å². The lowest BCUT2D eigenvalue weighted by molar-refractivity contribution is -0.140. The van der Waals surface area contributed by atoms with Crippen molar-refractivity contribution in [3.8, 4) is 0 Å². The average molecular weight is 227 g/mol. The Morgan fingerprint density at radius 3 is 2.50 bits per heavy atom. The highest BCUT2D eigenvalue weighted by atomic mass is 16.3. The first kappa shape index (κ1) is 13.5. The van der Waals surface area contributed by atoms with E-state index in [0.29, 0.717) is 5.92 Å². The Balaban J connectivity index is 2.72. The van der Waals surface area contributed by atoms with Gasteiger partial charge in [0, 0.05) is 24.6 Å². The second-order valence-corrected chi connectivity index (χ2v) is 5.88. The van der Waals surface area contributed by atoms with Crippen LogP contribution in [0.1, 0.15) is 47.0 Å². The number of likely N-dealkylation sites (tertiary alicyclic amines) is 1. The standard InChI is InChI=1S/C13H25NO2/c1-5-10-8-11(6-7-15)14(9-10)12(16)13(2,3)4/h10-11,15H,5-9H2,1-4H3. The third kappa shape index (κ3) is 2.97. The van der Waals surface area contributed by atoms with Crippen molar-refractivity contribution in [2.45, 2.75) is 53.0 Å². The van der Waals surface area contributed by atoms with Crippen LogP contribution >= 0.6 is 0 Å². The van der Waals surface area contributed by atoms with E-state index in [1.54, 1.807) is 0 Å². The zero-order chi connectivity index (χ0) is 12.3. The monoisotopic (exact) mass is 227 g/mol. The van der Waals surface area contributed by atoms with E-state index in [1.807, 2.05) is 25.7 Å². The first-order chi connectivity index (χ1) is 7.40. The summed E-state index contributed by atoms with van der Waals surface area (Å²) in [6.07, 6.45) is 2.90. The zero-order valence-corrected chi connectivity index (χ0v) is 11.0. The van der Waals surface area contributed by atoms with E-state index >= 15 is 0 Å². The first-order valence-corrected chi connectivity index (χ1v) is 6.32. The number of aliphatic hydroxyl groups excluding tert-OH is 1. The molecule has 94 valence electrons. The number of carbonyl (C=O) groups excluding carboxylic acids is 1. The highest BCUT2D eigenvalue weighted by molar-refractivity contribution is 5.82. The molecule has 1 saturated heterocycles. The molecule has 2 unspecified atom stereocenters. The van der Waals surface area contributed by atoms with Gasteiger partial charge in [0.25, 0.3) is 0 Å². The molecular weight excluding hydrogens is 202 g/mol. The molecule has 3 nitrogen and oxygen atoms in total. The molecule has 0 aromatic carbocycles. The Bertz CT molecular complexity index is 245. The number of nitrogens with zero attached hydrogens (tertiary/aromatic N) is 1. The molecule has 1 rings (SSSR count). The molecule has 0 aromatic rings. The van der Waals surface area contributed by atoms with Crippen LogP contribution in [0.2, 0.25) is 0 Å². The lowest BCUT2D eigenvalue weighted by Gasteiger charge is -2.30. The van der Waals surface area contributed by atoms with Crippen molar-refractivity contribution in [3.63, 3.8) is 0 Å². The Morgan fingerprint density at radius 1 is 1.44 bits per heavy atom. The first-order valence-electron chi connectivity index (χ1n) is 6.32. The maximum atomic E-state index is 12.3. The highest BCUT2D eigenvalue weighted by Crippen LogP contribution is 2.31. The molecule has 0 bridgehead atoms. The molecule has 0 radical (unpaired) electrons. The molecule has 0 spiro atoms. The predicted octanol–water partition coefficient (Wildman–Crippen LogP) is 2.04. The van der Waals surface area contributed by atoms with Crippen LogP contribution in [0.25, 0.3) is 0 Å². The van der Waals surface area contributed by atoms with E-state index in [9.17, 15) is 4.79 Å². The molecule has 1 heterocycles. The van der Waals surface area contributed by atoms with Crippen molar-refractivity contribution in [2.75, 3.05) is 13.2 Å². The van der Waals surface area contributed by atoms with Gasteiger partial charge in [-0.25, -0.2) is 0 Å². The Hall–Kier alpha value is -0.570. The van der Waals surface area contributed by atoms with Crippen molar-refractivity contribution in [1.82, 2.24) is 4.90 Å². The molecule has 1 amide bonds. The minimum absolute atomic E-state index is 0.176. The fraction of sp³-hybridized carbons (Fsp3) is 0.923. The zero-order valence-electron chi connectivity index (χ0n) is 11.0. The topological polar surface area (TPSA) is 40.5 Å². The summed E-state index contributed by atoms with van der Waals surface area (Å²) < 4.78 is 0. The second kappa shape index (κ2) is 5.17. The van der Waals surface area contributed by atoms with Crippen molar-refractivity contribution in [1.29, 1.82) is 0 Å². The quantitative estimate of drug-likeness (QED) is 0.801. The van der Waals surface area contributed by atoms with Gasteiger partial charge in [-0.3, -0.25) is 4.79 Å². The van der Waals surface area contributed by atoms with Crippen molar-refractivity contribution in [2.24, 2.45) is 11.3 Å². The van der Waals surface area contributed by atoms with Crippen LogP contribution in [0.5, 0.6) is 0 Å². The van der Waals surface area contributed by atoms with Crippen LogP contribution in [0.4, 0.5) is 0 Å². The number of carbonyl (C=O) groups is 1. The maximum Gasteiger partial charge on any atom is 0.228 e. The second-order valence-electron chi connectivity index (χ2n) is 5.88. The number of aliphatic hydroxyl groups is 1. The molecular formula is C13H25NO2. The van der Waals surface area contributed by atoms with Gasteiger partial charge >= 0.3 is 0 Å². The van der Waals surface area contributed by atoms with Crippen molar-refractivity contribution >= 4 is 5.91 Å². The Labute approximate surface area is 98.8 Å². The number of amides is 1. The lowest BCUT2D eigenvalue weighted by Crippen LogP contribution is -2.42. The molecule has 1 aliphatic rings. The van der Waals surface area contributed by atoms with Gasteiger partial charge in [0.1, 0.15) is 0 Å². The summed E-state index contributed by atoms with van der Waals surface area (Å²) in [6, 6.07) is 0.252. The smallest absolute Gasteiger partial charge is 0.228 e. The van der Waals surface area contributed by atoms with Gasteiger partial charge < -0.3 is 10.0 Å². The van der Waals surface area contributed by atoms with Gasteiger partial charge in [-0.15, -0.1) is 0 Å². The Kier molecular flexibility index (Phi) is 4.36. The highest BCUT2D eigenvalue weighted by Gasteiger charge is 2.38. The maximum absolute atomic E-state index is 12.3. The minimum atomic E-state index is -0.309. The van der Waals surface area contributed by atoms with Crippen molar-refractivity contribution < 1.29 is 9.90 Å². The fourth-order valence-electron chi connectivity index (χ4n) is 2.41. The van der Waals surface area contributed by atoms with Crippen LogP contribution < -0.4 is 0 Å². The number of hydrogen-bond acceptors (Lipinski definition) is 2. The Morgan fingerprint density at radius 2 is 2.06 bits per heavy atom. The van der Waals surface area contributed by atoms with Gasteiger partial charge in [-0.2, -0.15) is 0 Å². The molecule has 0 aliphatic carbocycles. The van der Waals surface area contributed by atoms with E-state index in [-0.39, 0.29) is 24.0 Å². The van der Waals surface area contributed by atoms with Gasteiger partial charge in [-0.05, 0) is 18.8 Å². The molecule has 1 aliphatic heterocycles. The van der Waals surface area contributed by atoms with E-state index in [0.717, 1.165) is 25.8 Å². The van der Waals surface area contributed by atoms with Crippen LogP contribution in [0.3, 0.4) is 0 Å². The molecule has 16 heavy (non-hydrogen) atoms. The van der Waals surface area contributed by atoms with Gasteiger partial charge in [0.15, 0.2) is 0 Å². The van der Waals surface area contributed by atoms with Gasteiger partial charge in [0.05, 0.1) is 0 Å².